The lowest BCUT2D eigenvalue weighted by molar-refractivity contribution is -0.152. The summed E-state index contributed by atoms with van der Waals surface area (Å²) >= 11 is 5.83. The summed E-state index contributed by atoms with van der Waals surface area (Å²) < 4.78 is 4.94. The van der Waals surface area contributed by atoms with E-state index >= 15 is 0 Å². The van der Waals surface area contributed by atoms with Gasteiger partial charge in [-0.25, -0.2) is 0 Å². The van der Waals surface area contributed by atoms with E-state index in [4.69, 9.17) is 16.3 Å². The van der Waals surface area contributed by atoms with E-state index < -0.39 is 17.9 Å². The van der Waals surface area contributed by atoms with Gasteiger partial charge in [-0.05, 0) is 31.5 Å². The minimum Gasteiger partial charge on any atom is -0.465 e. The number of hydrogen-bond donors (Lipinski definition) is 1. The Labute approximate surface area is 128 Å². The molecule has 0 aromatic heterocycles. The first-order valence-electron chi connectivity index (χ1n) is 6.56. The van der Waals surface area contributed by atoms with Crippen LogP contribution in [-0.4, -0.2) is 24.3 Å². The number of nitrogens with one attached hydrogen (secondary N) is 1. The molecule has 21 heavy (non-hydrogen) atoms. The summed E-state index contributed by atoms with van der Waals surface area (Å²) in [6.07, 6.45) is 0. The number of benzene rings is 1. The monoisotopic (exact) mass is 311 g/mol. The Morgan fingerprint density at radius 2 is 1.76 bits per heavy atom. The summed E-state index contributed by atoms with van der Waals surface area (Å²) in [5, 5.41) is 3.16. The van der Waals surface area contributed by atoms with Crippen molar-refractivity contribution in [2.45, 2.75) is 26.8 Å². The lowest BCUT2D eigenvalue weighted by atomic mass is 9.90. The van der Waals surface area contributed by atoms with Crippen molar-refractivity contribution in [1.29, 1.82) is 0 Å². The molecule has 0 spiro atoms. The second-order valence-corrected chi connectivity index (χ2v) is 5.01. The highest BCUT2D eigenvalue weighted by atomic mass is 35.5. The van der Waals surface area contributed by atoms with Crippen LogP contribution in [0.5, 0.6) is 0 Å². The molecule has 0 aliphatic heterocycles. The first-order chi connectivity index (χ1) is 9.86. The molecule has 1 amide bonds. The fourth-order valence-electron chi connectivity index (χ4n) is 2.02. The van der Waals surface area contributed by atoms with E-state index in [-0.39, 0.29) is 18.3 Å². The highest BCUT2D eigenvalue weighted by Crippen LogP contribution is 2.26. The molecule has 1 N–H and O–H groups in total. The van der Waals surface area contributed by atoms with Crippen molar-refractivity contribution in [2.24, 2.45) is 5.92 Å². The summed E-state index contributed by atoms with van der Waals surface area (Å²) in [5.41, 5.74) is 0.614. The van der Waals surface area contributed by atoms with E-state index in [1.54, 1.807) is 31.2 Å². The van der Waals surface area contributed by atoms with Crippen LogP contribution < -0.4 is 5.32 Å². The number of hydrogen-bond acceptors (Lipinski definition) is 4. The van der Waals surface area contributed by atoms with Gasteiger partial charge in [0.2, 0.25) is 5.91 Å². The molecule has 1 aromatic rings. The average molecular weight is 312 g/mol. The number of ketones is 1. The van der Waals surface area contributed by atoms with Crippen molar-refractivity contribution in [3.8, 4) is 0 Å². The van der Waals surface area contributed by atoms with Gasteiger partial charge >= 0.3 is 5.97 Å². The maximum Gasteiger partial charge on any atom is 0.318 e. The highest BCUT2D eigenvalue weighted by molar-refractivity contribution is 6.30. The number of carbonyl (C=O) groups excluding carboxylic acids is 3. The Morgan fingerprint density at radius 1 is 1.19 bits per heavy atom. The van der Waals surface area contributed by atoms with Crippen LogP contribution in [0.2, 0.25) is 5.02 Å². The van der Waals surface area contributed by atoms with Gasteiger partial charge in [0.25, 0.3) is 0 Å². The predicted molar refractivity (Wildman–Crippen MR) is 78.8 cm³/mol. The molecule has 2 atom stereocenters. The number of amides is 1. The number of Topliss-reactive ketones (excluding diaryl/α,β-unsaturated/α-hetero) is 1. The number of halogens is 1. The van der Waals surface area contributed by atoms with Gasteiger partial charge < -0.3 is 10.1 Å². The lowest BCUT2D eigenvalue weighted by Gasteiger charge is -2.24. The molecule has 0 aliphatic rings. The summed E-state index contributed by atoms with van der Waals surface area (Å²) in [7, 11) is 0. The molecular formula is C15H18ClNO4. The van der Waals surface area contributed by atoms with Crippen molar-refractivity contribution in [2.75, 3.05) is 6.61 Å². The van der Waals surface area contributed by atoms with Gasteiger partial charge in [0.05, 0.1) is 12.6 Å². The van der Waals surface area contributed by atoms with Crippen LogP contribution >= 0.6 is 11.6 Å². The van der Waals surface area contributed by atoms with Crippen molar-refractivity contribution in [3.63, 3.8) is 0 Å². The number of ether oxygens (including phenoxy) is 1. The van der Waals surface area contributed by atoms with Crippen LogP contribution in [0.3, 0.4) is 0 Å². The minimum absolute atomic E-state index is 0.163. The summed E-state index contributed by atoms with van der Waals surface area (Å²) in [4.78, 5) is 35.3. The standard InChI is InChI=1S/C15H18ClNO4/c1-4-21-15(20)13(9(2)18)14(17-10(3)19)11-5-7-12(16)8-6-11/h5-8,13-14H,4H2,1-3H3,(H,17,19). The molecule has 6 heteroatoms. The zero-order valence-electron chi connectivity index (χ0n) is 12.2. The Hall–Kier alpha value is -1.88. The molecule has 2 unspecified atom stereocenters. The van der Waals surface area contributed by atoms with E-state index in [0.717, 1.165) is 0 Å². The first-order valence-corrected chi connectivity index (χ1v) is 6.94. The zero-order chi connectivity index (χ0) is 16.0. The van der Waals surface area contributed by atoms with E-state index in [0.29, 0.717) is 10.6 Å². The largest absolute Gasteiger partial charge is 0.465 e. The normalized spacial score (nSPS) is 13.1. The van der Waals surface area contributed by atoms with Crippen LogP contribution in [0.1, 0.15) is 32.4 Å². The molecule has 0 fully saturated rings. The van der Waals surface area contributed by atoms with Crippen LogP contribution in [-0.2, 0) is 19.1 Å². The van der Waals surface area contributed by atoms with Crippen LogP contribution in [0.25, 0.3) is 0 Å². The van der Waals surface area contributed by atoms with E-state index in [1.165, 1.54) is 13.8 Å². The van der Waals surface area contributed by atoms with Gasteiger partial charge in [-0.3, -0.25) is 14.4 Å². The van der Waals surface area contributed by atoms with E-state index in [1.807, 2.05) is 0 Å². The summed E-state index contributed by atoms with van der Waals surface area (Å²) in [5.74, 6) is -2.46. The van der Waals surface area contributed by atoms with Crippen molar-refractivity contribution in [1.82, 2.24) is 5.32 Å². The van der Waals surface area contributed by atoms with Crippen LogP contribution in [0.15, 0.2) is 24.3 Å². The Balaban J connectivity index is 3.19. The number of carbonyl (C=O) groups is 3. The third-order valence-corrected chi connectivity index (χ3v) is 3.15. The molecule has 0 aliphatic carbocycles. The highest BCUT2D eigenvalue weighted by Gasteiger charge is 2.35. The Kier molecular flexibility index (Phi) is 6.37. The smallest absolute Gasteiger partial charge is 0.318 e. The number of esters is 1. The van der Waals surface area contributed by atoms with Crippen molar-refractivity contribution >= 4 is 29.3 Å². The lowest BCUT2D eigenvalue weighted by Crippen LogP contribution is -2.40. The molecule has 0 saturated carbocycles. The SMILES string of the molecule is CCOC(=O)C(C(C)=O)C(NC(C)=O)c1ccc(Cl)cc1. The second kappa shape index (κ2) is 7.78. The van der Waals surface area contributed by atoms with E-state index in [9.17, 15) is 14.4 Å². The van der Waals surface area contributed by atoms with Gasteiger partial charge in [-0.15, -0.1) is 0 Å². The molecule has 0 saturated heterocycles. The average Bonchev–Trinajstić information content (AvgIpc) is 2.38. The topological polar surface area (TPSA) is 72.5 Å². The van der Waals surface area contributed by atoms with Gasteiger partial charge in [0.1, 0.15) is 11.7 Å². The first kappa shape index (κ1) is 17.2. The maximum absolute atomic E-state index is 12.0. The fraction of sp³-hybridized carbons (Fsp3) is 0.400. The van der Waals surface area contributed by atoms with Crippen LogP contribution in [0.4, 0.5) is 0 Å². The molecule has 0 bridgehead atoms. The van der Waals surface area contributed by atoms with Crippen molar-refractivity contribution in [3.05, 3.63) is 34.9 Å². The molecule has 5 nitrogen and oxygen atoms in total. The predicted octanol–water partition coefficient (Wildman–Crippen LogP) is 2.29. The second-order valence-electron chi connectivity index (χ2n) is 4.57. The summed E-state index contributed by atoms with van der Waals surface area (Å²) in [6, 6.07) is 5.81. The van der Waals surface area contributed by atoms with Gasteiger partial charge in [-0.2, -0.15) is 0 Å². The van der Waals surface area contributed by atoms with E-state index in [2.05, 4.69) is 5.32 Å². The Bertz CT molecular complexity index is 527. The molecule has 0 radical (unpaired) electrons. The van der Waals surface area contributed by atoms with Gasteiger partial charge in [0, 0.05) is 11.9 Å². The molecule has 1 aromatic carbocycles. The molecule has 0 heterocycles. The van der Waals surface area contributed by atoms with Crippen molar-refractivity contribution < 1.29 is 19.1 Å². The molecule has 1 rings (SSSR count). The summed E-state index contributed by atoms with van der Waals surface area (Å²) in [6.45, 7) is 4.44. The Morgan fingerprint density at radius 3 is 2.19 bits per heavy atom. The number of rotatable bonds is 6. The molecule has 114 valence electrons. The third-order valence-electron chi connectivity index (χ3n) is 2.90. The van der Waals surface area contributed by atoms with Gasteiger partial charge in [-0.1, -0.05) is 23.7 Å². The van der Waals surface area contributed by atoms with Gasteiger partial charge in [0.15, 0.2) is 0 Å². The fourth-order valence-corrected chi connectivity index (χ4v) is 2.14. The quantitative estimate of drug-likeness (QED) is 0.646. The zero-order valence-corrected chi connectivity index (χ0v) is 12.9. The van der Waals surface area contributed by atoms with Crippen LogP contribution in [0, 0.1) is 5.92 Å². The third kappa shape index (κ3) is 4.86. The maximum atomic E-state index is 12.0. The minimum atomic E-state index is -1.09. The molecular weight excluding hydrogens is 294 g/mol.